The quantitative estimate of drug-likeness (QED) is 0.809. The minimum atomic E-state index is 0.00388. The van der Waals surface area contributed by atoms with E-state index in [2.05, 4.69) is 5.32 Å². The van der Waals surface area contributed by atoms with Crippen LogP contribution in [-0.4, -0.2) is 66.2 Å². The van der Waals surface area contributed by atoms with E-state index >= 15 is 0 Å². The SMILES string of the molecule is Cc1ccc(C(=O)CCC(=O)N2CCCC(N3CCNCC3=O)C2)cc1. The van der Waals surface area contributed by atoms with Gasteiger partial charge in [-0.1, -0.05) is 29.8 Å². The summed E-state index contributed by atoms with van der Waals surface area (Å²) in [7, 11) is 0. The van der Waals surface area contributed by atoms with Crippen LogP contribution in [0.1, 0.15) is 41.6 Å². The van der Waals surface area contributed by atoms with Gasteiger partial charge in [0.2, 0.25) is 11.8 Å². The molecule has 2 heterocycles. The monoisotopic (exact) mass is 357 g/mol. The van der Waals surface area contributed by atoms with Crippen molar-refractivity contribution in [2.45, 2.75) is 38.6 Å². The third kappa shape index (κ3) is 4.49. The summed E-state index contributed by atoms with van der Waals surface area (Å²) >= 11 is 0. The number of nitrogens with one attached hydrogen (secondary N) is 1. The average molecular weight is 357 g/mol. The maximum absolute atomic E-state index is 12.6. The van der Waals surface area contributed by atoms with Crippen molar-refractivity contribution >= 4 is 17.6 Å². The number of piperazine rings is 1. The molecular weight excluding hydrogens is 330 g/mol. The van der Waals surface area contributed by atoms with Crippen LogP contribution in [0.25, 0.3) is 0 Å². The first-order valence-electron chi connectivity index (χ1n) is 9.42. The fourth-order valence-electron chi connectivity index (χ4n) is 3.71. The molecule has 2 fully saturated rings. The molecule has 0 spiro atoms. The van der Waals surface area contributed by atoms with Gasteiger partial charge >= 0.3 is 0 Å². The number of carbonyl (C=O) groups is 3. The Bertz CT molecular complexity index is 671. The second-order valence-electron chi connectivity index (χ2n) is 7.19. The number of Topliss-reactive ketones (excluding diaryl/α,β-unsaturated/α-hetero) is 1. The second kappa shape index (κ2) is 8.45. The van der Waals surface area contributed by atoms with Crippen LogP contribution >= 0.6 is 0 Å². The molecule has 6 nitrogen and oxygen atoms in total. The molecular formula is C20H27N3O3. The summed E-state index contributed by atoms with van der Waals surface area (Å²) in [5.41, 5.74) is 1.77. The van der Waals surface area contributed by atoms with E-state index in [1.54, 1.807) is 0 Å². The Hall–Kier alpha value is -2.21. The molecule has 6 heteroatoms. The molecule has 1 atom stereocenters. The first-order valence-corrected chi connectivity index (χ1v) is 9.42. The topological polar surface area (TPSA) is 69.7 Å². The van der Waals surface area contributed by atoms with E-state index in [1.165, 1.54) is 0 Å². The number of piperidine rings is 1. The van der Waals surface area contributed by atoms with E-state index < -0.39 is 0 Å². The molecule has 0 radical (unpaired) electrons. The van der Waals surface area contributed by atoms with Crippen molar-refractivity contribution in [2.24, 2.45) is 0 Å². The van der Waals surface area contributed by atoms with Crippen molar-refractivity contribution in [2.75, 3.05) is 32.7 Å². The number of rotatable bonds is 5. The average Bonchev–Trinajstić information content (AvgIpc) is 2.67. The lowest BCUT2D eigenvalue weighted by Crippen LogP contribution is -2.57. The largest absolute Gasteiger partial charge is 0.341 e. The molecule has 1 N–H and O–H groups in total. The fourth-order valence-corrected chi connectivity index (χ4v) is 3.71. The van der Waals surface area contributed by atoms with E-state index in [0.29, 0.717) is 31.7 Å². The van der Waals surface area contributed by atoms with Gasteiger partial charge in [-0.25, -0.2) is 0 Å². The first-order chi connectivity index (χ1) is 12.5. The van der Waals surface area contributed by atoms with Crippen molar-refractivity contribution in [3.8, 4) is 0 Å². The van der Waals surface area contributed by atoms with Gasteiger partial charge in [0.15, 0.2) is 5.78 Å². The highest BCUT2D eigenvalue weighted by atomic mass is 16.2. The number of aryl methyl sites for hydroxylation is 1. The van der Waals surface area contributed by atoms with Crippen LogP contribution in [0.15, 0.2) is 24.3 Å². The predicted molar refractivity (Wildman–Crippen MR) is 98.9 cm³/mol. The highest BCUT2D eigenvalue weighted by Crippen LogP contribution is 2.18. The summed E-state index contributed by atoms with van der Waals surface area (Å²) < 4.78 is 0. The van der Waals surface area contributed by atoms with Gasteiger partial charge in [-0.15, -0.1) is 0 Å². The maximum atomic E-state index is 12.6. The molecule has 0 bridgehead atoms. The number of nitrogens with zero attached hydrogens (tertiary/aromatic N) is 2. The lowest BCUT2D eigenvalue weighted by Gasteiger charge is -2.41. The summed E-state index contributed by atoms with van der Waals surface area (Å²) in [4.78, 5) is 40.6. The summed E-state index contributed by atoms with van der Waals surface area (Å²) in [6, 6.07) is 7.56. The van der Waals surface area contributed by atoms with Gasteiger partial charge < -0.3 is 15.1 Å². The molecule has 2 saturated heterocycles. The van der Waals surface area contributed by atoms with E-state index in [4.69, 9.17) is 0 Å². The minimum absolute atomic E-state index is 0.00388. The Morgan fingerprint density at radius 2 is 1.92 bits per heavy atom. The van der Waals surface area contributed by atoms with Gasteiger partial charge in [0.1, 0.15) is 0 Å². The minimum Gasteiger partial charge on any atom is -0.341 e. The molecule has 2 aliphatic rings. The Labute approximate surface area is 154 Å². The second-order valence-corrected chi connectivity index (χ2v) is 7.19. The number of benzene rings is 1. The molecule has 0 aliphatic carbocycles. The lowest BCUT2D eigenvalue weighted by molar-refractivity contribution is -0.140. The van der Waals surface area contributed by atoms with Gasteiger partial charge in [0.25, 0.3) is 0 Å². The third-order valence-electron chi connectivity index (χ3n) is 5.26. The van der Waals surface area contributed by atoms with Crippen molar-refractivity contribution in [1.29, 1.82) is 0 Å². The van der Waals surface area contributed by atoms with Crippen molar-refractivity contribution in [3.05, 3.63) is 35.4 Å². The summed E-state index contributed by atoms with van der Waals surface area (Å²) in [5.74, 6) is 0.132. The number of carbonyl (C=O) groups excluding carboxylic acids is 3. The van der Waals surface area contributed by atoms with Crippen LogP contribution in [-0.2, 0) is 9.59 Å². The van der Waals surface area contributed by atoms with E-state index in [-0.39, 0.29) is 36.5 Å². The predicted octanol–water partition coefficient (Wildman–Crippen LogP) is 1.38. The normalized spacial score (nSPS) is 21.0. The maximum Gasteiger partial charge on any atom is 0.236 e. The summed E-state index contributed by atoms with van der Waals surface area (Å²) in [6.45, 7) is 5.18. The van der Waals surface area contributed by atoms with Crippen LogP contribution in [0, 0.1) is 6.92 Å². The molecule has 2 aliphatic heterocycles. The van der Waals surface area contributed by atoms with E-state index in [0.717, 1.165) is 24.9 Å². The molecule has 1 unspecified atom stereocenters. The van der Waals surface area contributed by atoms with Crippen LogP contribution in [0.5, 0.6) is 0 Å². The zero-order valence-corrected chi connectivity index (χ0v) is 15.4. The standard InChI is InChI=1S/C20H27N3O3/c1-15-4-6-16(7-5-15)18(24)8-9-19(25)22-11-2-3-17(14-22)23-12-10-21-13-20(23)26/h4-7,17,21H,2-3,8-14H2,1H3. The van der Waals surface area contributed by atoms with Crippen molar-refractivity contribution in [3.63, 3.8) is 0 Å². The Morgan fingerprint density at radius 1 is 1.15 bits per heavy atom. The number of amides is 2. The van der Waals surface area contributed by atoms with Crippen LogP contribution in [0.2, 0.25) is 0 Å². The summed E-state index contributed by atoms with van der Waals surface area (Å²) in [6.07, 6.45) is 2.31. The molecule has 0 saturated carbocycles. The Balaban J connectivity index is 1.51. The van der Waals surface area contributed by atoms with Gasteiger partial charge in [-0.3, -0.25) is 14.4 Å². The highest BCUT2D eigenvalue weighted by Gasteiger charge is 2.31. The highest BCUT2D eigenvalue weighted by molar-refractivity contribution is 5.98. The molecule has 3 rings (SSSR count). The van der Waals surface area contributed by atoms with Crippen molar-refractivity contribution < 1.29 is 14.4 Å². The number of likely N-dealkylation sites (tertiary alicyclic amines) is 1. The molecule has 1 aromatic rings. The van der Waals surface area contributed by atoms with Gasteiger partial charge in [-0.2, -0.15) is 0 Å². The van der Waals surface area contributed by atoms with Gasteiger partial charge in [0.05, 0.1) is 6.54 Å². The molecule has 2 amide bonds. The Kier molecular flexibility index (Phi) is 6.04. The molecule has 1 aromatic carbocycles. The third-order valence-corrected chi connectivity index (χ3v) is 5.26. The van der Waals surface area contributed by atoms with Crippen LogP contribution in [0.3, 0.4) is 0 Å². The number of hydrogen-bond donors (Lipinski definition) is 1. The zero-order valence-electron chi connectivity index (χ0n) is 15.4. The molecule has 26 heavy (non-hydrogen) atoms. The van der Waals surface area contributed by atoms with Crippen molar-refractivity contribution in [1.82, 2.24) is 15.1 Å². The summed E-state index contributed by atoms with van der Waals surface area (Å²) in [5, 5.41) is 3.08. The molecule has 140 valence electrons. The Morgan fingerprint density at radius 3 is 2.65 bits per heavy atom. The van der Waals surface area contributed by atoms with Gasteiger partial charge in [0, 0.05) is 50.6 Å². The molecule has 0 aromatic heterocycles. The van der Waals surface area contributed by atoms with Crippen LogP contribution < -0.4 is 5.32 Å². The van der Waals surface area contributed by atoms with E-state index in [9.17, 15) is 14.4 Å². The zero-order chi connectivity index (χ0) is 18.5. The number of hydrogen-bond acceptors (Lipinski definition) is 4. The van der Waals surface area contributed by atoms with Crippen LogP contribution in [0.4, 0.5) is 0 Å². The smallest absolute Gasteiger partial charge is 0.236 e. The number of ketones is 1. The van der Waals surface area contributed by atoms with Gasteiger partial charge in [-0.05, 0) is 19.8 Å². The fraction of sp³-hybridized carbons (Fsp3) is 0.550. The lowest BCUT2D eigenvalue weighted by atomic mass is 10.0. The first kappa shape index (κ1) is 18.6. The van der Waals surface area contributed by atoms with E-state index in [1.807, 2.05) is 41.0 Å².